The summed E-state index contributed by atoms with van der Waals surface area (Å²) in [4.78, 5) is 4.09. The number of furan rings is 1. The van der Waals surface area contributed by atoms with Gasteiger partial charge in [0.15, 0.2) is 5.82 Å². The summed E-state index contributed by atoms with van der Waals surface area (Å²) in [5.74, 6) is 0.928. The summed E-state index contributed by atoms with van der Waals surface area (Å²) in [6.45, 7) is 1.80. The van der Waals surface area contributed by atoms with Gasteiger partial charge in [-0.05, 0) is 13.0 Å². The Bertz CT molecular complexity index is 378. The number of hydrogen-bond donors (Lipinski definition) is 1. The molecule has 0 aliphatic carbocycles. The van der Waals surface area contributed by atoms with Crippen LogP contribution in [0.4, 0.5) is 0 Å². The van der Waals surface area contributed by atoms with Crippen LogP contribution in [0, 0.1) is 0 Å². The van der Waals surface area contributed by atoms with Crippen LogP contribution in [-0.4, -0.2) is 10.1 Å². The summed E-state index contributed by atoms with van der Waals surface area (Å²) in [5, 5.41) is 3.72. The van der Waals surface area contributed by atoms with Crippen LogP contribution in [0.15, 0.2) is 27.5 Å². The van der Waals surface area contributed by atoms with Gasteiger partial charge < -0.3 is 14.7 Å². The van der Waals surface area contributed by atoms with Gasteiger partial charge in [0.2, 0.25) is 0 Å². The van der Waals surface area contributed by atoms with Crippen LogP contribution in [0.3, 0.4) is 0 Å². The maximum Gasteiger partial charge on any atom is 0.261 e. The molecule has 0 saturated heterocycles. The quantitative estimate of drug-likeness (QED) is 0.752. The van der Waals surface area contributed by atoms with E-state index in [1.165, 1.54) is 0 Å². The lowest BCUT2D eigenvalue weighted by molar-refractivity contribution is 0.417. The lowest BCUT2D eigenvalue weighted by atomic mass is 10.3. The maximum absolute atomic E-state index is 5.57. The first kappa shape index (κ1) is 8.00. The number of hydrogen-bond acceptors (Lipinski definition) is 5. The third kappa shape index (κ3) is 1.46. The summed E-state index contributed by atoms with van der Waals surface area (Å²) in [6, 6.07) is 1.53. The second-order valence-electron chi connectivity index (χ2n) is 2.76. The van der Waals surface area contributed by atoms with Crippen LogP contribution in [0.5, 0.6) is 0 Å². The summed E-state index contributed by atoms with van der Waals surface area (Å²) >= 11 is 0. The number of nitrogens with two attached hydrogens (primary N) is 1. The van der Waals surface area contributed by atoms with E-state index < -0.39 is 0 Å². The van der Waals surface area contributed by atoms with Gasteiger partial charge in [-0.25, -0.2) is 0 Å². The average molecular weight is 179 g/mol. The van der Waals surface area contributed by atoms with E-state index in [9.17, 15) is 0 Å². The third-order valence-corrected chi connectivity index (χ3v) is 1.62. The highest BCUT2D eigenvalue weighted by Gasteiger charge is 2.11. The van der Waals surface area contributed by atoms with Crippen molar-refractivity contribution in [1.82, 2.24) is 10.1 Å². The van der Waals surface area contributed by atoms with Crippen LogP contribution in [0.25, 0.3) is 11.5 Å². The zero-order valence-electron chi connectivity index (χ0n) is 7.10. The Balaban J connectivity index is 2.33. The second kappa shape index (κ2) is 3.02. The maximum atomic E-state index is 5.57. The molecule has 0 fully saturated rings. The molecule has 0 bridgehead atoms. The van der Waals surface area contributed by atoms with Crippen LogP contribution in [0.2, 0.25) is 0 Å². The largest absolute Gasteiger partial charge is 0.472 e. The van der Waals surface area contributed by atoms with Gasteiger partial charge in [-0.1, -0.05) is 5.16 Å². The molecule has 2 rings (SSSR count). The minimum absolute atomic E-state index is 0.218. The first-order valence-electron chi connectivity index (χ1n) is 3.89. The molecule has 5 nitrogen and oxygen atoms in total. The molecular weight excluding hydrogens is 170 g/mol. The summed E-state index contributed by atoms with van der Waals surface area (Å²) in [7, 11) is 0. The topological polar surface area (TPSA) is 78.1 Å². The normalized spacial score (nSPS) is 13.1. The van der Waals surface area contributed by atoms with Gasteiger partial charge in [-0.15, -0.1) is 0 Å². The van der Waals surface area contributed by atoms with Crippen molar-refractivity contribution in [3.8, 4) is 11.5 Å². The molecule has 0 aliphatic heterocycles. The van der Waals surface area contributed by atoms with Crippen LogP contribution >= 0.6 is 0 Å². The van der Waals surface area contributed by atoms with Gasteiger partial charge in [0.25, 0.3) is 5.89 Å². The molecule has 13 heavy (non-hydrogen) atoms. The minimum Gasteiger partial charge on any atom is -0.472 e. The monoisotopic (exact) mass is 179 g/mol. The SMILES string of the molecule is CC(N)c1noc(-c2ccoc2)n1. The van der Waals surface area contributed by atoms with Gasteiger partial charge in [0.1, 0.15) is 6.26 Å². The third-order valence-electron chi connectivity index (χ3n) is 1.62. The van der Waals surface area contributed by atoms with Gasteiger partial charge in [-0.2, -0.15) is 4.98 Å². The van der Waals surface area contributed by atoms with E-state index in [1.807, 2.05) is 0 Å². The highest BCUT2D eigenvalue weighted by Crippen LogP contribution is 2.18. The first-order valence-corrected chi connectivity index (χ1v) is 3.89. The lowest BCUT2D eigenvalue weighted by Gasteiger charge is -1.92. The van der Waals surface area contributed by atoms with E-state index in [4.69, 9.17) is 14.7 Å². The van der Waals surface area contributed by atoms with E-state index in [2.05, 4.69) is 10.1 Å². The molecule has 1 atom stereocenters. The molecular formula is C8H9N3O2. The highest BCUT2D eigenvalue weighted by atomic mass is 16.5. The summed E-state index contributed by atoms with van der Waals surface area (Å²) in [6.07, 6.45) is 3.09. The Morgan fingerprint density at radius 1 is 1.54 bits per heavy atom. The van der Waals surface area contributed by atoms with Crippen LogP contribution in [0.1, 0.15) is 18.8 Å². The van der Waals surface area contributed by atoms with Crippen molar-refractivity contribution in [1.29, 1.82) is 0 Å². The zero-order valence-corrected chi connectivity index (χ0v) is 7.10. The predicted molar refractivity (Wildman–Crippen MR) is 44.6 cm³/mol. The fourth-order valence-corrected chi connectivity index (χ4v) is 0.923. The Morgan fingerprint density at radius 2 is 2.38 bits per heavy atom. The van der Waals surface area contributed by atoms with Crippen molar-refractivity contribution < 1.29 is 8.94 Å². The van der Waals surface area contributed by atoms with Crippen molar-refractivity contribution in [3.05, 3.63) is 24.4 Å². The fourth-order valence-electron chi connectivity index (χ4n) is 0.923. The molecule has 2 N–H and O–H groups in total. The number of aromatic nitrogens is 2. The van der Waals surface area contributed by atoms with Crippen molar-refractivity contribution in [2.45, 2.75) is 13.0 Å². The van der Waals surface area contributed by atoms with Gasteiger partial charge in [-0.3, -0.25) is 0 Å². The summed E-state index contributed by atoms with van der Waals surface area (Å²) in [5.41, 5.74) is 6.34. The summed E-state index contributed by atoms with van der Waals surface area (Å²) < 4.78 is 9.85. The van der Waals surface area contributed by atoms with Crippen LogP contribution < -0.4 is 5.73 Å². The second-order valence-corrected chi connectivity index (χ2v) is 2.76. The van der Waals surface area contributed by atoms with Gasteiger partial charge in [0, 0.05) is 0 Å². The number of rotatable bonds is 2. The van der Waals surface area contributed by atoms with E-state index in [-0.39, 0.29) is 6.04 Å². The highest BCUT2D eigenvalue weighted by molar-refractivity contribution is 5.49. The molecule has 2 aromatic rings. The van der Waals surface area contributed by atoms with Crippen molar-refractivity contribution >= 4 is 0 Å². The molecule has 2 aromatic heterocycles. The average Bonchev–Trinajstić information content (AvgIpc) is 2.75. The lowest BCUT2D eigenvalue weighted by Crippen LogP contribution is -2.06. The Morgan fingerprint density at radius 3 is 2.92 bits per heavy atom. The molecule has 0 spiro atoms. The molecule has 68 valence electrons. The smallest absolute Gasteiger partial charge is 0.261 e. The molecule has 0 aromatic carbocycles. The van der Waals surface area contributed by atoms with Crippen molar-refractivity contribution in [2.75, 3.05) is 0 Å². The van der Waals surface area contributed by atoms with Gasteiger partial charge in [0.05, 0.1) is 17.9 Å². The Labute approximate surface area is 74.5 Å². The standard InChI is InChI=1S/C8H9N3O2/c1-5(9)7-10-8(13-11-7)6-2-3-12-4-6/h2-5H,9H2,1H3. The van der Waals surface area contributed by atoms with E-state index in [1.54, 1.807) is 25.5 Å². The molecule has 0 aliphatic rings. The van der Waals surface area contributed by atoms with Crippen LogP contribution in [-0.2, 0) is 0 Å². The van der Waals surface area contributed by atoms with Crippen molar-refractivity contribution in [2.24, 2.45) is 5.73 Å². The molecule has 1 unspecified atom stereocenters. The van der Waals surface area contributed by atoms with Gasteiger partial charge >= 0.3 is 0 Å². The Kier molecular flexibility index (Phi) is 1.86. The minimum atomic E-state index is -0.218. The number of nitrogens with zero attached hydrogens (tertiary/aromatic N) is 2. The molecule has 2 heterocycles. The molecule has 0 amide bonds. The molecule has 0 radical (unpaired) electrons. The fraction of sp³-hybridized carbons (Fsp3) is 0.250. The predicted octanol–water partition coefficient (Wildman–Crippen LogP) is 1.35. The zero-order chi connectivity index (χ0) is 9.26. The van der Waals surface area contributed by atoms with E-state index in [0.717, 1.165) is 5.56 Å². The van der Waals surface area contributed by atoms with Crippen molar-refractivity contribution in [3.63, 3.8) is 0 Å². The molecule has 0 saturated carbocycles. The van der Waals surface area contributed by atoms with E-state index in [0.29, 0.717) is 11.7 Å². The Hall–Kier alpha value is -1.62. The molecule has 5 heteroatoms. The van der Waals surface area contributed by atoms with E-state index >= 15 is 0 Å². The first-order chi connectivity index (χ1) is 6.27.